The second-order valence-electron chi connectivity index (χ2n) is 3.76. The molecular weight excluding hydrogens is 276 g/mol. The topological polar surface area (TPSA) is 41.1 Å². The van der Waals surface area contributed by atoms with Crippen molar-refractivity contribution in [3.05, 3.63) is 20.8 Å². The van der Waals surface area contributed by atoms with Gasteiger partial charge in [-0.2, -0.15) is 0 Å². The van der Waals surface area contributed by atoms with Gasteiger partial charge in [-0.3, -0.25) is 4.79 Å². The highest BCUT2D eigenvalue weighted by Crippen LogP contribution is 2.25. The summed E-state index contributed by atoms with van der Waals surface area (Å²) in [5, 5.41) is 8.34. The van der Waals surface area contributed by atoms with Crippen LogP contribution in [0.25, 0.3) is 0 Å². The Morgan fingerprint density at radius 3 is 3.07 bits per heavy atom. The maximum Gasteiger partial charge on any atom is 0.221 e. The quantitative estimate of drug-likeness (QED) is 0.894. The van der Waals surface area contributed by atoms with Gasteiger partial charge in [-0.15, -0.1) is 11.3 Å². The fourth-order valence-electron chi connectivity index (χ4n) is 1.71. The summed E-state index contributed by atoms with van der Waals surface area (Å²) >= 11 is 5.17. The normalized spacial score (nSPS) is 22.8. The third kappa shape index (κ3) is 2.80. The number of thiophene rings is 1. The molecule has 1 fully saturated rings. The van der Waals surface area contributed by atoms with Gasteiger partial charge in [-0.25, -0.2) is 0 Å². The molecule has 0 saturated carbocycles. The lowest BCUT2D eigenvalue weighted by Crippen LogP contribution is -2.32. The maximum atomic E-state index is 11.0. The van der Waals surface area contributed by atoms with Crippen LogP contribution in [0.5, 0.6) is 0 Å². The number of amides is 1. The van der Waals surface area contributed by atoms with Crippen molar-refractivity contribution >= 4 is 33.2 Å². The summed E-state index contributed by atoms with van der Waals surface area (Å²) in [5.74, 6) is 0.145. The summed E-state index contributed by atoms with van der Waals surface area (Å²) in [7, 11) is 0. The minimum absolute atomic E-state index is 0.145. The molecule has 1 amide bonds. The minimum atomic E-state index is 0.145. The summed E-state index contributed by atoms with van der Waals surface area (Å²) < 4.78 is 1.12. The Morgan fingerprint density at radius 2 is 2.53 bits per heavy atom. The summed E-state index contributed by atoms with van der Waals surface area (Å²) in [4.78, 5) is 12.3. The van der Waals surface area contributed by atoms with Gasteiger partial charge in [0.1, 0.15) is 0 Å². The number of carbonyl (C=O) groups is 1. The zero-order chi connectivity index (χ0) is 10.8. The molecule has 0 radical (unpaired) electrons. The van der Waals surface area contributed by atoms with E-state index in [-0.39, 0.29) is 11.9 Å². The Kier molecular flexibility index (Phi) is 3.43. The Hall–Kier alpha value is -0.390. The van der Waals surface area contributed by atoms with Crippen LogP contribution in [0.2, 0.25) is 0 Å². The molecule has 2 atom stereocenters. The second kappa shape index (κ2) is 4.63. The predicted octanol–water partition coefficient (Wildman–Crippen LogP) is 2.05. The first-order chi connectivity index (χ1) is 7.15. The number of nitrogens with one attached hydrogen (secondary N) is 2. The van der Waals surface area contributed by atoms with Crippen LogP contribution in [0.3, 0.4) is 0 Å². The van der Waals surface area contributed by atoms with Crippen LogP contribution in [-0.2, 0) is 4.79 Å². The van der Waals surface area contributed by atoms with Crippen molar-refractivity contribution in [2.45, 2.75) is 25.4 Å². The Labute approximate surface area is 101 Å². The smallest absolute Gasteiger partial charge is 0.221 e. The van der Waals surface area contributed by atoms with Crippen LogP contribution in [0.4, 0.5) is 0 Å². The third-order valence-corrected chi connectivity index (χ3v) is 4.35. The van der Waals surface area contributed by atoms with Crippen LogP contribution in [0.1, 0.15) is 24.3 Å². The Bertz CT molecular complexity index is 366. The second-order valence-corrected chi connectivity index (χ2v) is 5.62. The van der Waals surface area contributed by atoms with E-state index in [1.54, 1.807) is 11.3 Å². The SMILES string of the molecule is CC(NC1CNC(=O)C1)c1cc(Br)cs1. The van der Waals surface area contributed by atoms with Gasteiger partial charge < -0.3 is 10.6 Å². The molecule has 0 spiro atoms. The monoisotopic (exact) mass is 288 g/mol. The van der Waals surface area contributed by atoms with Crippen molar-refractivity contribution in [1.82, 2.24) is 10.6 Å². The first-order valence-corrected chi connectivity index (χ1v) is 6.59. The van der Waals surface area contributed by atoms with Gasteiger partial charge in [-0.1, -0.05) is 0 Å². The van der Waals surface area contributed by atoms with E-state index in [2.05, 4.69) is 44.9 Å². The average Bonchev–Trinajstić information content (AvgIpc) is 2.75. The molecule has 1 saturated heterocycles. The molecule has 1 aliphatic rings. The molecule has 2 rings (SSSR count). The van der Waals surface area contributed by atoms with Crippen LogP contribution in [0.15, 0.2) is 15.9 Å². The van der Waals surface area contributed by atoms with Crippen LogP contribution >= 0.6 is 27.3 Å². The molecule has 1 aliphatic heterocycles. The van der Waals surface area contributed by atoms with E-state index >= 15 is 0 Å². The molecule has 1 aromatic heterocycles. The van der Waals surface area contributed by atoms with Crippen molar-refractivity contribution in [1.29, 1.82) is 0 Å². The van der Waals surface area contributed by atoms with Crippen molar-refractivity contribution in [3.63, 3.8) is 0 Å². The lowest BCUT2D eigenvalue weighted by molar-refractivity contribution is -0.119. The van der Waals surface area contributed by atoms with Crippen molar-refractivity contribution < 1.29 is 4.79 Å². The standard InChI is InChI=1S/C10H13BrN2OS/c1-6(9-2-7(11)5-15-9)13-8-3-10(14)12-4-8/h2,5-6,8,13H,3-4H2,1H3,(H,12,14). The molecule has 3 nitrogen and oxygen atoms in total. The number of rotatable bonds is 3. The molecule has 1 aromatic rings. The van der Waals surface area contributed by atoms with Gasteiger partial charge in [0.2, 0.25) is 5.91 Å². The van der Waals surface area contributed by atoms with E-state index in [9.17, 15) is 4.79 Å². The molecule has 2 unspecified atom stereocenters. The van der Waals surface area contributed by atoms with E-state index in [1.165, 1.54) is 4.88 Å². The number of carbonyl (C=O) groups excluding carboxylic acids is 1. The highest BCUT2D eigenvalue weighted by Gasteiger charge is 2.23. The van der Waals surface area contributed by atoms with E-state index in [4.69, 9.17) is 0 Å². The summed E-state index contributed by atoms with van der Waals surface area (Å²) in [6.45, 7) is 2.87. The average molecular weight is 289 g/mol. The minimum Gasteiger partial charge on any atom is -0.354 e. The van der Waals surface area contributed by atoms with Crippen molar-refractivity contribution in [2.75, 3.05) is 6.54 Å². The predicted molar refractivity (Wildman–Crippen MR) is 65.0 cm³/mol. The van der Waals surface area contributed by atoms with E-state index in [1.807, 2.05) is 0 Å². The Morgan fingerprint density at radius 1 is 1.73 bits per heavy atom. The zero-order valence-corrected chi connectivity index (χ0v) is 10.8. The molecule has 5 heteroatoms. The van der Waals surface area contributed by atoms with Gasteiger partial charge in [-0.05, 0) is 28.9 Å². The van der Waals surface area contributed by atoms with Gasteiger partial charge in [0, 0.05) is 39.8 Å². The number of halogens is 1. The zero-order valence-electron chi connectivity index (χ0n) is 8.42. The molecule has 0 bridgehead atoms. The van der Waals surface area contributed by atoms with Gasteiger partial charge in [0.05, 0.1) is 0 Å². The lowest BCUT2D eigenvalue weighted by Gasteiger charge is -2.16. The fraction of sp³-hybridized carbons (Fsp3) is 0.500. The summed E-state index contributed by atoms with van der Waals surface area (Å²) in [6, 6.07) is 2.69. The van der Waals surface area contributed by atoms with Crippen molar-refractivity contribution in [2.24, 2.45) is 0 Å². The Balaban J connectivity index is 1.92. The van der Waals surface area contributed by atoms with Crippen LogP contribution in [-0.4, -0.2) is 18.5 Å². The van der Waals surface area contributed by atoms with Gasteiger partial charge in [0.25, 0.3) is 0 Å². The number of hydrogen-bond donors (Lipinski definition) is 2. The van der Waals surface area contributed by atoms with Crippen LogP contribution < -0.4 is 10.6 Å². The van der Waals surface area contributed by atoms with E-state index in [0.717, 1.165) is 11.0 Å². The molecular formula is C10H13BrN2OS. The molecule has 0 aliphatic carbocycles. The maximum absolute atomic E-state index is 11.0. The van der Waals surface area contributed by atoms with Crippen LogP contribution in [0, 0.1) is 0 Å². The highest BCUT2D eigenvalue weighted by atomic mass is 79.9. The lowest BCUT2D eigenvalue weighted by atomic mass is 10.2. The molecule has 82 valence electrons. The third-order valence-electron chi connectivity index (χ3n) is 2.48. The largest absolute Gasteiger partial charge is 0.354 e. The molecule has 0 aromatic carbocycles. The molecule has 2 N–H and O–H groups in total. The van der Waals surface area contributed by atoms with Gasteiger partial charge in [0.15, 0.2) is 0 Å². The highest BCUT2D eigenvalue weighted by molar-refractivity contribution is 9.10. The van der Waals surface area contributed by atoms with E-state index in [0.29, 0.717) is 12.5 Å². The first kappa shape index (κ1) is 11.1. The van der Waals surface area contributed by atoms with E-state index < -0.39 is 0 Å². The summed E-state index contributed by atoms with van der Waals surface area (Å²) in [6.07, 6.45) is 0.594. The first-order valence-electron chi connectivity index (χ1n) is 4.92. The van der Waals surface area contributed by atoms with Gasteiger partial charge >= 0.3 is 0 Å². The molecule has 15 heavy (non-hydrogen) atoms. The fourth-order valence-corrected chi connectivity index (χ4v) is 3.18. The number of hydrogen-bond acceptors (Lipinski definition) is 3. The molecule has 2 heterocycles. The van der Waals surface area contributed by atoms with Crippen molar-refractivity contribution in [3.8, 4) is 0 Å². The summed E-state index contributed by atoms with van der Waals surface area (Å²) in [5.41, 5.74) is 0.